The SMILES string of the molecule is Cc1ccc(CN[C@@H]2CC(=O)N(C)[C@H]2c2cccnc2)o1. The third-order valence-electron chi connectivity index (χ3n) is 3.95. The van der Waals surface area contributed by atoms with Crippen molar-refractivity contribution in [2.75, 3.05) is 7.05 Å². The minimum absolute atomic E-state index is 0.0160. The van der Waals surface area contributed by atoms with Crippen LogP contribution in [0.4, 0.5) is 0 Å². The number of aryl methyl sites for hydroxylation is 1. The zero-order valence-electron chi connectivity index (χ0n) is 12.2. The number of pyridine rings is 1. The molecule has 1 N–H and O–H groups in total. The molecule has 3 rings (SSSR count). The van der Waals surface area contributed by atoms with Crippen molar-refractivity contribution in [3.8, 4) is 0 Å². The summed E-state index contributed by atoms with van der Waals surface area (Å²) in [5, 5.41) is 3.44. The summed E-state index contributed by atoms with van der Waals surface area (Å²) in [5.74, 6) is 1.94. The van der Waals surface area contributed by atoms with Gasteiger partial charge >= 0.3 is 0 Å². The van der Waals surface area contributed by atoms with Crippen LogP contribution in [0.15, 0.2) is 41.1 Å². The Kier molecular flexibility index (Phi) is 3.75. The van der Waals surface area contributed by atoms with E-state index in [9.17, 15) is 4.79 Å². The lowest BCUT2D eigenvalue weighted by atomic mass is 10.0. The van der Waals surface area contributed by atoms with Crippen LogP contribution >= 0.6 is 0 Å². The van der Waals surface area contributed by atoms with Gasteiger partial charge in [-0.1, -0.05) is 6.07 Å². The first-order valence-electron chi connectivity index (χ1n) is 7.09. The minimum Gasteiger partial charge on any atom is -0.465 e. The van der Waals surface area contributed by atoms with Gasteiger partial charge in [0, 0.05) is 31.9 Å². The predicted octanol–water partition coefficient (Wildman–Crippen LogP) is 2.04. The van der Waals surface area contributed by atoms with Gasteiger partial charge in [-0.25, -0.2) is 0 Å². The number of furan rings is 1. The highest BCUT2D eigenvalue weighted by Gasteiger charge is 2.38. The maximum Gasteiger partial charge on any atom is 0.224 e. The van der Waals surface area contributed by atoms with Crippen LogP contribution in [0.2, 0.25) is 0 Å². The van der Waals surface area contributed by atoms with Crippen LogP contribution < -0.4 is 5.32 Å². The van der Waals surface area contributed by atoms with Crippen molar-refractivity contribution in [3.63, 3.8) is 0 Å². The van der Waals surface area contributed by atoms with Gasteiger partial charge in [0.25, 0.3) is 0 Å². The van der Waals surface area contributed by atoms with E-state index < -0.39 is 0 Å². The van der Waals surface area contributed by atoms with Crippen molar-refractivity contribution in [2.24, 2.45) is 0 Å². The molecule has 1 aliphatic rings. The summed E-state index contributed by atoms with van der Waals surface area (Å²) >= 11 is 0. The molecular formula is C16H19N3O2. The van der Waals surface area contributed by atoms with Crippen molar-refractivity contribution in [2.45, 2.75) is 32.0 Å². The van der Waals surface area contributed by atoms with Gasteiger partial charge < -0.3 is 14.6 Å². The molecule has 1 saturated heterocycles. The second-order valence-corrected chi connectivity index (χ2v) is 5.44. The molecule has 0 spiro atoms. The molecule has 1 amide bonds. The van der Waals surface area contributed by atoms with Gasteiger partial charge in [0.1, 0.15) is 11.5 Å². The Labute approximate surface area is 124 Å². The van der Waals surface area contributed by atoms with E-state index in [0.29, 0.717) is 13.0 Å². The molecule has 1 aliphatic heterocycles. The number of nitrogens with one attached hydrogen (secondary N) is 1. The summed E-state index contributed by atoms with van der Waals surface area (Å²) in [6.45, 7) is 2.55. The van der Waals surface area contributed by atoms with Crippen LogP contribution in [0.5, 0.6) is 0 Å². The zero-order chi connectivity index (χ0) is 14.8. The number of hydrogen-bond acceptors (Lipinski definition) is 4. The van der Waals surface area contributed by atoms with Crippen LogP contribution in [0, 0.1) is 6.92 Å². The van der Waals surface area contributed by atoms with E-state index >= 15 is 0 Å². The molecule has 2 aromatic heterocycles. The maximum absolute atomic E-state index is 12.0. The Morgan fingerprint density at radius 2 is 2.29 bits per heavy atom. The third kappa shape index (κ3) is 2.83. The van der Waals surface area contributed by atoms with E-state index in [2.05, 4.69) is 10.3 Å². The van der Waals surface area contributed by atoms with E-state index in [-0.39, 0.29) is 18.0 Å². The Balaban J connectivity index is 1.75. The molecule has 0 bridgehead atoms. The van der Waals surface area contributed by atoms with Crippen LogP contribution in [0.25, 0.3) is 0 Å². The van der Waals surface area contributed by atoms with E-state index in [1.165, 1.54) is 0 Å². The van der Waals surface area contributed by atoms with Crippen molar-refractivity contribution in [1.29, 1.82) is 0 Å². The lowest BCUT2D eigenvalue weighted by Gasteiger charge is -2.25. The summed E-state index contributed by atoms with van der Waals surface area (Å²) in [5.41, 5.74) is 1.05. The van der Waals surface area contributed by atoms with Crippen molar-refractivity contribution in [3.05, 3.63) is 53.7 Å². The predicted molar refractivity (Wildman–Crippen MR) is 78.4 cm³/mol. The first kappa shape index (κ1) is 13.8. The second kappa shape index (κ2) is 5.69. The molecule has 1 fully saturated rings. The highest BCUT2D eigenvalue weighted by Crippen LogP contribution is 2.31. The first-order valence-corrected chi connectivity index (χ1v) is 7.09. The minimum atomic E-state index is 0.0160. The highest BCUT2D eigenvalue weighted by molar-refractivity contribution is 5.80. The van der Waals surface area contributed by atoms with Crippen LogP contribution in [0.3, 0.4) is 0 Å². The largest absolute Gasteiger partial charge is 0.465 e. The number of carbonyl (C=O) groups excluding carboxylic acids is 1. The molecule has 2 atom stereocenters. The summed E-state index contributed by atoms with van der Waals surface area (Å²) < 4.78 is 5.56. The average molecular weight is 285 g/mol. The molecular weight excluding hydrogens is 266 g/mol. The lowest BCUT2D eigenvalue weighted by Crippen LogP contribution is -2.34. The standard InChI is InChI=1S/C16H19N3O2/c1-11-5-6-13(21-11)10-18-14-8-15(20)19(2)16(14)12-4-3-7-17-9-12/h3-7,9,14,16,18H,8,10H2,1-2H3/t14-,16+/m1/s1. The van der Waals surface area contributed by atoms with Gasteiger partial charge in [-0.3, -0.25) is 9.78 Å². The molecule has 5 nitrogen and oxygen atoms in total. The number of amides is 1. The summed E-state index contributed by atoms with van der Waals surface area (Å²) in [4.78, 5) is 18.0. The van der Waals surface area contributed by atoms with E-state index in [1.54, 1.807) is 11.1 Å². The van der Waals surface area contributed by atoms with Gasteiger partial charge in [-0.2, -0.15) is 0 Å². The van der Waals surface area contributed by atoms with Crippen molar-refractivity contribution < 1.29 is 9.21 Å². The van der Waals surface area contributed by atoms with Crippen LogP contribution in [0.1, 0.15) is 29.5 Å². The summed E-state index contributed by atoms with van der Waals surface area (Å²) in [6.07, 6.45) is 4.07. The first-order chi connectivity index (χ1) is 10.1. The Morgan fingerprint density at radius 1 is 1.43 bits per heavy atom. The number of likely N-dealkylation sites (tertiary alicyclic amines) is 1. The molecule has 0 unspecified atom stereocenters. The summed E-state index contributed by atoms with van der Waals surface area (Å²) in [6, 6.07) is 7.90. The number of nitrogens with zero attached hydrogens (tertiary/aromatic N) is 2. The fourth-order valence-electron chi connectivity index (χ4n) is 2.87. The second-order valence-electron chi connectivity index (χ2n) is 5.44. The summed E-state index contributed by atoms with van der Waals surface area (Å²) in [7, 11) is 1.85. The van der Waals surface area contributed by atoms with Crippen LogP contribution in [-0.2, 0) is 11.3 Å². The Bertz CT molecular complexity index is 623. The van der Waals surface area contributed by atoms with Gasteiger partial charge in [0.2, 0.25) is 5.91 Å². The normalized spacial score (nSPS) is 22.0. The topological polar surface area (TPSA) is 58.4 Å². The average Bonchev–Trinajstić information content (AvgIpc) is 3.02. The quantitative estimate of drug-likeness (QED) is 0.934. The van der Waals surface area contributed by atoms with E-state index in [1.807, 2.05) is 44.4 Å². The number of carbonyl (C=O) groups is 1. The lowest BCUT2D eigenvalue weighted by molar-refractivity contribution is -0.127. The fourth-order valence-corrected chi connectivity index (χ4v) is 2.87. The molecule has 0 aliphatic carbocycles. The molecule has 3 heterocycles. The molecule has 2 aromatic rings. The third-order valence-corrected chi connectivity index (χ3v) is 3.95. The number of likely N-dealkylation sites (N-methyl/N-ethyl adjacent to an activating group) is 1. The molecule has 21 heavy (non-hydrogen) atoms. The van der Waals surface area contributed by atoms with Gasteiger partial charge in [-0.15, -0.1) is 0 Å². The Morgan fingerprint density at radius 3 is 2.95 bits per heavy atom. The maximum atomic E-state index is 12.0. The van der Waals surface area contributed by atoms with E-state index in [0.717, 1.165) is 17.1 Å². The van der Waals surface area contributed by atoms with Crippen molar-refractivity contribution >= 4 is 5.91 Å². The van der Waals surface area contributed by atoms with Gasteiger partial charge in [-0.05, 0) is 30.7 Å². The monoisotopic (exact) mass is 285 g/mol. The number of rotatable bonds is 4. The zero-order valence-corrected chi connectivity index (χ0v) is 12.2. The molecule has 110 valence electrons. The highest BCUT2D eigenvalue weighted by atomic mass is 16.3. The fraction of sp³-hybridized carbons (Fsp3) is 0.375. The molecule has 0 saturated carbocycles. The Hall–Kier alpha value is -2.14. The van der Waals surface area contributed by atoms with Gasteiger partial charge in [0.15, 0.2) is 0 Å². The van der Waals surface area contributed by atoms with Gasteiger partial charge in [0.05, 0.1) is 12.6 Å². The van der Waals surface area contributed by atoms with Crippen molar-refractivity contribution in [1.82, 2.24) is 15.2 Å². The molecule has 0 radical (unpaired) electrons. The number of hydrogen-bond donors (Lipinski definition) is 1. The van der Waals surface area contributed by atoms with E-state index in [4.69, 9.17) is 4.42 Å². The number of aromatic nitrogens is 1. The molecule has 5 heteroatoms. The molecule has 0 aromatic carbocycles. The smallest absolute Gasteiger partial charge is 0.224 e. The van der Waals surface area contributed by atoms with Crippen LogP contribution in [-0.4, -0.2) is 28.9 Å².